The minimum atomic E-state index is -3.09. The molecular formula is C114H71N4OPS2. The monoisotopic (exact) mass is 1610 g/mol. The summed E-state index contributed by atoms with van der Waals surface area (Å²) in [6.45, 7) is 0. The van der Waals surface area contributed by atoms with Gasteiger partial charge in [0, 0.05) is 84.7 Å². The van der Waals surface area contributed by atoms with Gasteiger partial charge in [-0.15, -0.1) is 0 Å². The van der Waals surface area contributed by atoms with Crippen molar-refractivity contribution in [1.82, 2.24) is 19.9 Å². The fourth-order valence-electron chi connectivity index (χ4n) is 20.1. The van der Waals surface area contributed by atoms with E-state index in [1.165, 1.54) is 97.1 Å². The topological polar surface area (TPSA) is 68.6 Å². The molecule has 0 radical (unpaired) electrons. The number of benzene rings is 18. The average molecular weight is 1610 g/mol. The Kier molecular flexibility index (Phi) is 16.8. The summed E-state index contributed by atoms with van der Waals surface area (Å²) in [5.74, 6) is 0.724. The number of pyridine rings is 2. The van der Waals surface area contributed by atoms with Gasteiger partial charge in [-0.2, -0.15) is 0 Å². The van der Waals surface area contributed by atoms with Gasteiger partial charge in [-0.1, -0.05) is 388 Å². The number of aromatic nitrogens is 4. The Morgan fingerprint density at radius 2 is 0.525 bits per heavy atom. The molecule has 0 saturated heterocycles. The largest absolute Gasteiger partial charge is 0.309 e. The van der Waals surface area contributed by atoms with Crippen LogP contribution in [0.5, 0.6) is 0 Å². The molecule has 0 N–H and O–H groups in total. The van der Waals surface area contributed by atoms with Gasteiger partial charge in [0.05, 0.1) is 44.5 Å². The number of fused-ring (bicyclic) bond motifs is 25. The van der Waals surface area contributed by atoms with Gasteiger partial charge in [0.1, 0.15) is 0 Å². The highest BCUT2D eigenvalue weighted by Crippen LogP contribution is 2.65. The summed E-state index contributed by atoms with van der Waals surface area (Å²) in [6, 6.07) is 154. The van der Waals surface area contributed by atoms with Crippen LogP contribution in [0.25, 0.3) is 144 Å². The fraction of sp³-hybridized carbons (Fsp3) is 0.0175. The van der Waals surface area contributed by atoms with E-state index < -0.39 is 18.0 Å². The minimum absolute atomic E-state index is 0.459. The maximum absolute atomic E-state index is 15.1. The van der Waals surface area contributed by atoms with Gasteiger partial charge >= 0.3 is 0 Å². The number of hydrogen-bond acceptors (Lipinski definition) is 7. The van der Waals surface area contributed by atoms with Crippen molar-refractivity contribution in [3.63, 3.8) is 0 Å². The highest BCUT2D eigenvalue weighted by Gasteiger charge is 2.52. The molecule has 0 atom stereocenters. The van der Waals surface area contributed by atoms with Crippen LogP contribution in [-0.4, -0.2) is 19.9 Å². The molecule has 0 saturated carbocycles. The zero-order chi connectivity index (χ0) is 80.6. The van der Waals surface area contributed by atoms with Crippen LogP contribution in [0.4, 0.5) is 0 Å². The van der Waals surface area contributed by atoms with E-state index in [1.807, 2.05) is 121 Å². The quantitative estimate of drug-likeness (QED) is 0.105. The van der Waals surface area contributed by atoms with E-state index in [0.717, 1.165) is 127 Å². The highest BCUT2D eigenvalue weighted by atomic mass is 32.2. The van der Waals surface area contributed by atoms with E-state index in [0.29, 0.717) is 0 Å². The molecule has 25 rings (SSSR count). The van der Waals surface area contributed by atoms with Gasteiger partial charge in [-0.25, -0.2) is 19.9 Å². The first-order valence-corrected chi connectivity index (χ1v) is 44.8. The molecule has 4 aliphatic rings. The number of nitrogens with zero attached hydrogens (tertiary/aromatic N) is 4. The van der Waals surface area contributed by atoms with Crippen molar-refractivity contribution in [2.24, 2.45) is 0 Å². The smallest absolute Gasteiger partial charge is 0.171 e. The third-order valence-electron chi connectivity index (χ3n) is 25.5. The normalized spacial score (nSPS) is 13.3. The van der Waals surface area contributed by atoms with Crippen LogP contribution >= 0.6 is 30.7 Å². The Morgan fingerprint density at radius 3 is 0.967 bits per heavy atom. The van der Waals surface area contributed by atoms with E-state index >= 15 is 4.57 Å². The molecule has 0 fully saturated rings. The van der Waals surface area contributed by atoms with Crippen LogP contribution in [0, 0.1) is 0 Å². The second-order valence-corrected chi connectivity index (χ2v) is 36.9. The molecule has 3 aromatic heterocycles. The highest BCUT2D eigenvalue weighted by molar-refractivity contribution is 7.99. The zero-order valence-electron chi connectivity index (χ0n) is 66.0. The predicted molar refractivity (Wildman–Crippen MR) is 506 cm³/mol. The number of para-hydroxylation sites is 1. The Bertz CT molecular complexity index is 7770. The molecule has 5 nitrogen and oxygen atoms in total. The second kappa shape index (κ2) is 28.7. The van der Waals surface area contributed by atoms with Gasteiger partial charge in [0.25, 0.3) is 0 Å². The van der Waals surface area contributed by atoms with E-state index in [2.05, 4.69) is 334 Å². The van der Waals surface area contributed by atoms with Crippen molar-refractivity contribution in [3.8, 4) is 89.7 Å². The SMILES string of the molecule is O=P(c1ccccc1)(c1ccccc1)c1ccc(-c2ccc3c(c2)nc(-c2ccccc2)c2cc4c(cc23)C2(c3ccccc3Sc3ccccc32)c2ccccc2-4)cc1.c1ccc(-c2nc(-c3ccc(-c4ccc5c(c4)nc(-c4ccccc4)c4cc6c(cc45)C4(c5ccccc5Sc5ccccc54)c4ccccc4-6)cc3)c3ccccc3n2)cc1. The van der Waals surface area contributed by atoms with Gasteiger partial charge in [-0.3, -0.25) is 0 Å². The Hall–Kier alpha value is -14.4. The molecule has 2 aliphatic heterocycles. The summed E-state index contributed by atoms with van der Waals surface area (Å²) in [6.07, 6.45) is 0. The lowest BCUT2D eigenvalue weighted by Crippen LogP contribution is -2.31. The van der Waals surface area contributed by atoms with E-state index in [-0.39, 0.29) is 0 Å². The minimum Gasteiger partial charge on any atom is -0.309 e. The van der Waals surface area contributed by atoms with Crippen molar-refractivity contribution in [3.05, 3.63) is 475 Å². The molecule has 0 bridgehead atoms. The summed E-state index contributed by atoms with van der Waals surface area (Å²) in [4.78, 5) is 26.3. The van der Waals surface area contributed by atoms with Gasteiger partial charge in [0.15, 0.2) is 13.0 Å². The first-order valence-electron chi connectivity index (χ1n) is 41.5. The van der Waals surface area contributed by atoms with Crippen molar-refractivity contribution in [1.29, 1.82) is 0 Å². The maximum atomic E-state index is 15.1. The standard InChI is InChI=1S/C58H35N3S.C56H36NOPS/c1-3-15-37(16-4-1)56-46-34-45-41-19-7-9-21-47(41)58(48-22-10-13-25-53(48)62-54-26-14-11-23-49(54)58)50(45)35-44(46)42-32-31-40(33-52(42)59-56)36-27-29-38(30-28-36)55-43-20-8-12-24-51(43)60-57(61-55)39-17-5-2-6-18-39;58-59(40-18-6-2-7-19-40,41-20-8-3-9-21-41)42-31-28-37(29-32-42)39-30-33-44-45-36-51-46(35-47(45)55(57-52(44)34-39)38-16-4-1-5-17-38)43-22-10-11-23-48(43)56(51)49-24-12-14-26-53(49)60-54-27-15-13-25-50(54)56/h1-35H;1-36H. The third-order valence-corrected chi connectivity index (χ3v) is 30.9. The molecule has 0 unspecified atom stereocenters. The molecule has 8 heteroatoms. The summed E-state index contributed by atoms with van der Waals surface area (Å²) in [5.41, 5.74) is 29.1. The van der Waals surface area contributed by atoms with Crippen molar-refractivity contribution >= 4 is 101 Å². The average Bonchev–Trinajstić information content (AvgIpc) is 1.59. The Balaban J connectivity index is 0.000000138. The Morgan fingerprint density at radius 1 is 0.197 bits per heavy atom. The third kappa shape index (κ3) is 11.1. The maximum Gasteiger partial charge on any atom is 0.171 e. The Labute approximate surface area is 715 Å². The summed E-state index contributed by atoms with van der Waals surface area (Å²) in [7, 11) is -3.09. The van der Waals surface area contributed by atoms with E-state index in [4.69, 9.17) is 19.9 Å². The fourth-order valence-corrected chi connectivity index (χ4v) is 25.1. The predicted octanol–water partition coefficient (Wildman–Crippen LogP) is 28.0. The molecule has 122 heavy (non-hydrogen) atoms. The van der Waals surface area contributed by atoms with Crippen LogP contribution < -0.4 is 15.9 Å². The number of hydrogen-bond donors (Lipinski definition) is 0. The first-order chi connectivity index (χ1) is 60.3. The number of rotatable bonds is 9. The lowest BCUT2D eigenvalue weighted by molar-refractivity contribution is 0.592. The molecule has 21 aromatic rings. The molecule has 18 aromatic carbocycles. The van der Waals surface area contributed by atoms with Crippen LogP contribution in [0.3, 0.4) is 0 Å². The molecule has 2 aliphatic carbocycles. The summed E-state index contributed by atoms with van der Waals surface area (Å²) < 4.78 is 15.1. The molecule has 570 valence electrons. The molecule has 2 spiro atoms. The van der Waals surface area contributed by atoms with Crippen LogP contribution in [-0.2, 0) is 15.4 Å². The van der Waals surface area contributed by atoms with Gasteiger partial charge < -0.3 is 4.57 Å². The van der Waals surface area contributed by atoms with Crippen molar-refractivity contribution in [2.45, 2.75) is 30.4 Å². The van der Waals surface area contributed by atoms with Crippen LogP contribution in [0.1, 0.15) is 44.5 Å². The van der Waals surface area contributed by atoms with Crippen LogP contribution in [0.2, 0.25) is 0 Å². The molecular weight excluding hydrogens is 1540 g/mol. The lowest BCUT2D eigenvalue weighted by Gasteiger charge is -2.39. The first kappa shape index (κ1) is 71.7. The summed E-state index contributed by atoms with van der Waals surface area (Å²) >= 11 is 3.75. The summed E-state index contributed by atoms with van der Waals surface area (Å²) in [5, 5.41) is 10.4. The van der Waals surface area contributed by atoms with E-state index in [1.54, 1.807) is 0 Å². The second-order valence-electron chi connectivity index (χ2n) is 32.0. The van der Waals surface area contributed by atoms with E-state index in [9.17, 15) is 0 Å². The zero-order valence-corrected chi connectivity index (χ0v) is 68.5. The van der Waals surface area contributed by atoms with Crippen LogP contribution in [0.15, 0.2) is 450 Å². The van der Waals surface area contributed by atoms with Crippen molar-refractivity contribution < 1.29 is 4.57 Å². The van der Waals surface area contributed by atoms with Gasteiger partial charge in [-0.05, 0) is 167 Å². The van der Waals surface area contributed by atoms with Crippen molar-refractivity contribution in [2.75, 3.05) is 0 Å². The van der Waals surface area contributed by atoms with Gasteiger partial charge in [0.2, 0.25) is 0 Å². The molecule has 5 heterocycles. The molecule has 0 amide bonds. The lowest BCUT2D eigenvalue weighted by atomic mass is 9.67.